The Morgan fingerprint density at radius 2 is 2.20 bits per heavy atom. The van der Waals surface area contributed by atoms with Gasteiger partial charge in [0.15, 0.2) is 0 Å². The Hall–Kier alpha value is -1.29. The van der Waals surface area contributed by atoms with Gasteiger partial charge in [-0.1, -0.05) is 0 Å². The van der Waals surface area contributed by atoms with Crippen LogP contribution in [0.15, 0.2) is 16.7 Å². The van der Waals surface area contributed by atoms with Crippen molar-refractivity contribution < 1.29 is 9.21 Å². The Balaban J connectivity index is 2.06. The van der Waals surface area contributed by atoms with Gasteiger partial charge >= 0.3 is 0 Å². The Morgan fingerprint density at radius 1 is 1.53 bits per heavy atom. The first-order valence-electron chi connectivity index (χ1n) is 5.27. The Labute approximate surface area is 89.0 Å². The first-order valence-corrected chi connectivity index (χ1v) is 5.27. The molecule has 2 rings (SSSR count). The van der Waals surface area contributed by atoms with Crippen molar-refractivity contribution in [2.75, 3.05) is 13.1 Å². The van der Waals surface area contributed by atoms with Crippen LogP contribution in [0, 0.1) is 6.92 Å². The molecule has 0 saturated carbocycles. The summed E-state index contributed by atoms with van der Waals surface area (Å²) in [4.78, 5) is 13.9. The minimum absolute atomic E-state index is 0.0631. The molecule has 0 aliphatic carbocycles. The zero-order valence-electron chi connectivity index (χ0n) is 8.90. The fourth-order valence-corrected chi connectivity index (χ4v) is 1.88. The van der Waals surface area contributed by atoms with Crippen LogP contribution < -0.4 is 5.73 Å². The largest absolute Gasteiger partial charge is 0.469 e. The summed E-state index contributed by atoms with van der Waals surface area (Å²) in [5, 5.41) is 0. The number of carbonyl (C=O) groups excluding carboxylic acids is 1. The van der Waals surface area contributed by atoms with Crippen molar-refractivity contribution in [1.29, 1.82) is 0 Å². The predicted molar refractivity (Wildman–Crippen MR) is 56.6 cm³/mol. The highest BCUT2D eigenvalue weighted by atomic mass is 16.3. The normalized spacial score (nSPS) is 18.1. The third-order valence-electron chi connectivity index (χ3n) is 2.92. The van der Waals surface area contributed by atoms with Gasteiger partial charge in [-0.05, 0) is 25.8 Å². The van der Waals surface area contributed by atoms with Crippen molar-refractivity contribution in [3.8, 4) is 0 Å². The second-order valence-corrected chi connectivity index (χ2v) is 4.02. The smallest absolute Gasteiger partial charge is 0.257 e. The van der Waals surface area contributed by atoms with Crippen LogP contribution in [0.3, 0.4) is 0 Å². The van der Waals surface area contributed by atoms with Crippen molar-refractivity contribution in [3.05, 3.63) is 23.7 Å². The average Bonchev–Trinajstić information content (AvgIpc) is 2.65. The van der Waals surface area contributed by atoms with E-state index in [0.29, 0.717) is 11.3 Å². The standard InChI is InChI=1S/C11H16N2O2/c1-8-10(4-7-15-8)11(14)13-5-2-9(12)3-6-13/h4,7,9H,2-3,5-6,12H2,1H3. The van der Waals surface area contributed by atoms with Crippen LogP contribution >= 0.6 is 0 Å². The summed E-state index contributed by atoms with van der Waals surface area (Å²) in [7, 11) is 0. The Kier molecular flexibility index (Phi) is 2.77. The van der Waals surface area contributed by atoms with E-state index in [4.69, 9.17) is 10.2 Å². The van der Waals surface area contributed by atoms with Crippen LogP contribution in [-0.4, -0.2) is 29.9 Å². The molecule has 1 aliphatic rings. The number of carbonyl (C=O) groups is 1. The molecule has 2 heterocycles. The minimum atomic E-state index is 0.0631. The maximum atomic E-state index is 12.0. The number of furan rings is 1. The molecule has 0 unspecified atom stereocenters. The van der Waals surface area contributed by atoms with Gasteiger partial charge in [0.2, 0.25) is 0 Å². The monoisotopic (exact) mass is 208 g/mol. The van der Waals surface area contributed by atoms with E-state index in [-0.39, 0.29) is 11.9 Å². The van der Waals surface area contributed by atoms with Crippen molar-refractivity contribution in [2.45, 2.75) is 25.8 Å². The fraction of sp³-hybridized carbons (Fsp3) is 0.545. The molecule has 0 radical (unpaired) electrons. The van der Waals surface area contributed by atoms with Crippen molar-refractivity contribution in [3.63, 3.8) is 0 Å². The van der Waals surface area contributed by atoms with E-state index >= 15 is 0 Å². The molecule has 4 nitrogen and oxygen atoms in total. The summed E-state index contributed by atoms with van der Waals surface area (Å²) in [5.74, 6) is 0.753. The lowest BCUT2D eigenvalue weighted by Gasteiger charge is -2.30. The molecule has 0 bridgehead atoms. The number of hydrogen-bond donors (Lipinski definition) is 1. The summed E-state index contributed by atoms with van der Waals surface area (Å²) in [6, 6.07) is 1.98. The molecule has 4 heteroatoms. The van der Waals surface area contributed by atoms with E-state index in [1.54, 1.807) is 12.3 Å². The van der Waals surface area contributed by atoms with Gasteiger partial charge in [0.25, 0.3) is 5.91 Å². The number of rotatable bonds is 1. The second kappa shape index (κ2) is 4.06. The van der Waals surface area contributed by atoms with Crippen LogP contribution in [0.5, 0.6) is 0 Å². The summed E-state index contributed by atoms with van der Waals surface area (Å²) in [6.45, 7) is 3.32. The Morgan fingerprint density at radius 3 is 2.73 bits per heavy atom. The molecule has 1 aromatic rings. The zero-order chi connectivity index (χ0) is 10.8. The van der Waals surface area contributed by atoms with Gasteiger partial charge in [0, 0.05) is 19.1 Å². The van der Waals surface area contributed by atoms with Crippen LogP contribution in [0.4, 0.5) is 0 Å². The number of nitrogens with two attached hydrogens (primary N) is 1. The third kappa shape index (κ3) is 2.04. The molecule has 0 atom stereocenters. The molecule has 1 fully saturated rings. The highest BCUT2D eigenvalue weighted by Gasteiger charge is 2.23. The highest BCUT2D eigenvalue weighted by Crippen LogP contribution is 2.15. The van der Waals surface area contributed by atoms with Gasteiger partial charge in [0.05, 0.1) is 11.8 Å². The highest BCUT2D eigenvalue weighted by molar-refractivity contribution is 5.95. The lowest BCUT2D eigenvalue weighted by Crippen LogP contribution is -2.42. The maximum absolute atomic E-state index is 12.0. The molecule has 1 saturated heterocycles. The number of hydrogen-bond acceptors (Lipinski definition) is 3. The number of amides is 1. The van der Waals surface area contributed by atoms with Gasteiger partial charge in [-0.2, -0.15) is 0 Å². The van der Waals surface area contributed by atoms with Gasteiger partial charge in [0.1, 0.15) is 5.76 Å². The second-order valence-electron chi connectivity index (χ2n) is 4.02. The zero-order valence-corrected chi connectivity index (χ0v) is 8.90. The molecule has 1 aromatic heterocycles. The fourth-order valence-electron chi connectivity index (χ4n) is 1.88. The molecule has 0 aromatic carbocycles. The predicted octanol–water partition coefficient (Wildman–Crippen LogP) is 1.15. The van der Waals surface area contributed by atoms with E-state index in [1.807, 2.05) is 11.8 Å². The van der Waals surface area contributed by atoms with E-state index in [1.165, 1.54) is 0 Å². The Bertz CT molecular complexity index is 351. The number of piperidine rings is 1. The molecule has 15 heavy (non-hydrogen) atoms. The molecule has 1 aliphatic heterocycles. The molecular formula is C11H16N2O2. The lowest BCUT2D eigenvalue weighted by atomic mass is 10.1. The molecule has 2 N–H and O–H groups in total. The van der Waals surface area contributed by atoms with Crippen molar-refractivity contribution in [2.24, 2.45) is 5.73 Å². The summed E-state index contributed by atoms with van der Waals surface area (Å²) >= 11 is 0. The van der Waals surface area contributed by atoms with Crippen molar-refractivity contribution >= 4 is 5.91 Å². The third-order valence-corrected chi connectivity index (χ3v) is 2.92. The quantitative estimate of drug-likeness (QED) is 0.753. The van der Waals surface area contributed by atoms with E-state index in [0.717, 1.165) is 25.9 Å². The van der Waals surface area contributed by atoms with E-state index in [9.17, 15) is 4.79 Å². The molecular weight excluding hydrogens is 192 g/mol. The van der Waals surface area contributed by atoms with Crippen LogP contribution in [0.25, 0.3) is 0 Å². The lowest BCUT2D eigenvalue weighted by molar-refractivity contribution is 0.0713. The van der Waals surface area contributed by atoms with E-state index in [2.05, 4.69) is 0 Å². The topological polar surface area (TPSA) is 59.5 Å². The summed E-state index contributed by atoms with van der Waals surface area (Å²) < 4.78 is 5.13. The summed E-state index contributed by atoms with van der Waals surface area (Å²) in [5.41, 5.74) is 6.46. The van der Waals surface area contributed by atoms with Crippen LogP contribution in [0.1, 0.15) is 29.0 Å². The van der Waals surface area contributed by atoms with Crippen LogP contribution in [-0.2, 0) is 0 Å². The first-order chi connectivity index (χ1) is 7.18. The van der Waals surface area contributed by atoms with Gasteiger partial charge in [-0.15, -0.1) is 0 Å². The number of likely N-dealkylation sites (tertiary alicyclic amines) is 1. The minimum Gasteiger partial charge on any atom is -0.469 e. The molecule has 1 amide bonds. The van der Waals surface area contributed by atoms with E-state index < -0.39 is 0 Å². The number of nitrogens with zero attached hydrogens (tertiary/aromatic N) is 1. The van der Waals surface area contributed by atoms with Gasteiger partial charge < -0.3 is 15.1 Å². The van der Waals surface area contributed by atoms with Gasteiger partial charge in [-0.25, -0.2) is 0 Å². The molecule has 0 spiro atoms. The van der Waals surface area contributed by atoms with Gasteiger partial charge in [-0.3, -0.25) is 4.79 Å². The SMILES string of the molecule is Cc1occc1C(=O)N1CCC(N)CC1. The molecule has 82 valence electrons. The first kappa shape index (κ1) is 10.2. The number of aryl methyl sites for hydroxylation is 1. The summed E-state index contributed by atoms with van der Waals surface area (Å²) in [6.07, 6.45) is 3.34. The van der Waals surface area contributed by atoms with Crippen molar-refractivity contribution in [1.82, 2.24) is 4.90 Å². The van der Waals surface area contributed by atoms with Crippen LogP contribution in [0.2, 0.25) is 0 Å². The maximum Gasteiger partial charge on any atom is 0.257 e. The average molecular weight is 208 g/mol.